The number of likely N-dealkylation sites (N-methyl/N-ethyl adjacent to an activating group) is 1. The fraction of sp³-hybridized carbons (Fsp3) is 0.462. The van der Waals surface area contributed by atoms with Crippen LogP contribution in [0.1, 0.15) is 17.3 Å². The van der Waals surface area contributed by atoms with Crippen molar-refractivity contribution in [3.05, 3.63) is 29.6 Å². The second-order valence-corrected chi connectivity index (χ2v) is 4.02. The van der Waals surface area contributed by atoms with Crippen molar-refractivity contribution >= 4 is 5.78 Å². The molecule has 0 amide bonds. The van der Waals surface area contributed by atoms with Gasteiger partial charge in [-0.2, -0.15) is 0 Å². The van der Waals surface area contributed by atoms with Gasteiger partial charge in [-0.1, -0.05) is 0 Å². The number of halogens is 1. The largest absolute Gasteiger partial charge is 0.507 e. The van der Waals surface area contributed by atoms with Gasteiger partial charge in [-0.25, -0.2) is 4.39 Å². The van der Waals surface area contributed by atoms with Crippen molar-refractivity contribution in [3.63, 3.8) is 0 Å². The number of Topliss-reactive ketones (excluding diaryl/α,β-unsaturated/α-hetero) is 1. The van der Waals surface area contributed by atoms with Gasteiger partial charge in [0.15, 0.2) is 5.78 Å². The molecule has 0 atom stereocenters. The summed E-state index contributed by atoms with van der Waals surface area (Å²) in [5.41, 5.74) is 0.0123. The summed E-state index contributed by atoms with van der Waals surface area (Å²) in [5.74, 6) is -1.04. The van der Waals surface area contributed by atoms with Crippen LogP contribution < -0.4 is 0 Å². The molecule has 0 aromatic heterocycles. The number of rotatable bonds is 7. The zero-order valence-corrected chi connectivity index (χ0v) is 10.6. The normalized spacial score (nSPS) is 10.9. The molecule has 0 heterocycles. The van der Waals surface area contributed by atoms with Crippen LogP contribution in [0.5, 0.6) is 5.75 Å². The Morgan fingerprint density at radius 3 is 2.89 bits per heavy atom. The van der Waals surface area contributed by atoms with Gasteiger partial charge in [0.05, 0.1) is 18.7 Å². The van der Waals surface area contributed by atoms with E-state index in [0.717, 1.165) is 12.1 Å². The summed E-state index contributed by atoms with van der Waals surface area (Å²) in [6, 6.07) is 3.35. The first-order valence-corrected chi connectivity index (χ1v) is 5.82. The minimum Gasteiger partial charge on any atom is -0.507 e. The maximum Gasteiger partial charge on any atom is 0.180 e. The molecule has 4 nitrogen and oxygen atoms in total. The molecule has 1 N–H and O–H groups in total. The fourth-order valence-electron chi connectivity index (χ4n) is 1.51. The summed E-state index contributed by atoms with van der Waals surface area (Å²) in [4.78, 5) is 13.6. The Morgan fingerprint density at radius 2 is 2.22 bits per heavy atom. The standard InChI is InChI=1S/C13H18FNO3/c1-3-18-7-6-15(2)9-13(17)11-8-10(14)4-5-12(11)16/h4-5,8,16H,3,6-7,9H2,1-2H3. The summed E-state index contributed by atoms with van der Waals surface area (Å²) in [6.45, 7) is 3.79. The van der Waals surface area contributed by atoms with Gasteiger partial charge >= 0.3 is 0 Å². The summed E-state index contributed by atoms with van der Waals surface area (Å²) >= 11 is 0. The minimum absolute atomic E-state index is 0.0123. The number of carbonyl (C=O) groups excluding carboxylic acids is 1. The Morgan fingerprint density at radius 1 is 1.50 bits per heavy atom. The Labute approximate surface area is 106 Å². The third kappa shape index (κ3) is 4.43. The lowest BCUT2D eigenvalue weighted by molar-refractivity contribution is 0.0894. The van der Waals surface area contributed by atoms with E-state index in [0.29, 0.717) is 19.8 Å². The van der Waals surface area contributed by atoms with Gasteiger partial charge in [0.2, 0.25) is 0 Å². The van der Waals surface area contributed by atoms with Crippen LogP contribution in [0.15, 0.2) is 18.2 Å². The van der Waals surface area contributed by atoms with Crippen molar-refractivity contribution in [3.8, 4) is 5.75 Å². The van der Waals surface area contributed by atoms with Gasteiger partial charge in [0.1, 0.15) is 11.6 Å². The van der Waals surface area contributed by atoms with E-state index in [2.05, 4.69) is 0 Å². The zero-order valence-electron chi connectivity index (χ0n) is 10.6. The molecule has 0 aliphatic carbocycles. The van der Waals surface area contributed by atoms with Gasteiger partial charge in [-0.05, 0) is 32.2 Å². The summed E-state index contributed by atoms with van der Waals surface area (Å²) in [6.07, 6.45) is 0. The van der Waals surface area contributed by atoms with E-state index in [1.54, 1.807) is 11.9 Å². The molecule has 0 aliphatic rings. The van der Waals surface area contributed by atoms with E-state index in [4.69, 9.17) is 4.74 Å². The highest BCUT2D eigenvalue weighted by atomic mass is 19.1. The average molecular weight is 255 g/mol. The second kappa shape index (κ2) is 7.08. The third-order valence-electron chi connectivity index (χ3n) is 2.49. The fourth-order valence-corrected chi connectivity index (χ4v) is 1.51. The van der Waals surface area contributed by atoms with Crippen molar-refractivity contribution in [2.24, 2.45) is 0 Å². The first-order chi connectivity index (χ1) is 8.54. The Bertz CT molecular complexity index is 409. The second-order valence-electron chi connectivity index (χ2n) is 4.02. The van der Waals surface area contributed by atoms with Crippen LogP contribution in [0.2, 0.25) is 0 Å². The number of carbonyl (C=O) groups is 1. The average Bonchev–Trinajstić information content (AvgIpc) is 2.32. The van der Waals surface area contributed by atoms with Crippen molar-refractivity contribution in [1.29, 1.82) is 0 Å². The molecule has 0 fully saturated rings. The predicted octanol–water partition coefficient (Wildman–Crippen LogP) is 1.68. The van der Waals surface area contributed by atoms with E-state index in [-0.39, 0.29) is 23.6 Å². The molecule has 0 bridgehead atoms. The zero-order chi connectivity index (χ0) is 13.5. The topological polar surface area (TPSA) is 49.8 Å². The number of benzene rings is 1. The lowest BCUT2D eigenvalue weighted by Crippen LogP contribution is -2.29. The highest BCUT2D eigenvalue weighted by Gasteiger charge is 2.14. The van der Waals surface area contributed by atoms with Gasteiger partial charge in [0, 0.05) is 13.2 Å². The van der Waals surface area contributed by atoms with Gasteiger partial charge < -0.3 is 9.84 Å². The highest BCUT2D eigenvalue weighted by molar-refractivity contribution is 5.99. The van der Waals surface area contributed by atoms with E-state index in [1.165, 1.54) is 6.07 Å². The number of phenols is 1. The van der Waals surface area contributed by atoms with E-state index in [9.17, 15) is 14.3 Å². The Balaban J connectivity index is 2.56. The molecule has 0 radical (unpaired) electrons. The molecule has 18 heavy (non-hydrogen) atoms. The first kappa shape index (κ1) is 14.6. The SMILES string of the molecule is CCOCCN(C)CC(=O)c1cc(F)ccc1O. The molecule has 0 aliphatic heterocycles. The number of aromatic hydroxyl groups is 1. The lowest BCUT2D eigenvalue weighted by atomic mass is 10.1. The van der Waals surface area contributed by atoms with Crippen LogP contribution in [-0.2, 0) is 4.74 Å². The van der Waals surface area contributed by atoms with Crippen LogP contribution in [0, 0.1) is 5.82 Å². The van der Waals surface area contributed by atoms with Gasteiger partial charge in [-0.3, -0.25) is 9.69 Å². The number of ether oxygens (including phenoxy) is 1. The molecule has 1 aromatic rings. The van der Waals surface area contributed by atoms with E-state index >= 15 is 0 Å². The van der Waals surface area contributed by atoms with Crippen LogP contribution in [0.4, 0.5) is 4.39 Å². The number of hydrogen-bond acceptors (Lipinski definition) is 4. The van der Waals surface area contributed by atoms with Gasteiger partial charge in [0.25, 0.3) is 0 Å². The minimum atomic E-state index is -0.534. The van der Waals surface area contributed by atoms with E-state index < -0.39 is 5.82 Å². The maximum absolute atomic E-state index is 13.0. The van der Waals surface area contributed by atoms with Crippen molar-refractivity contribution < 1.29 is 19.0 Å². The summed E-state index contributed by atoms with van der Waals surface area (Å²) < 4.78 is 18.2. The van der Waals surface area contributed by atoms with Gasteiger partial charge in [-0.15, -0.1) is 0 Å². The number of nitrogens with zero attached hydrogens (tertiary/aromatic N) is 1. The first-order valence-electron chi connectivity index (χ1n) is 5.82. The third-order valence-corrected chi connectivity index (χ3v) is 2.49. The van der Waals surface area contributed by atoms with Crippen molar-refractivity contribution in [2.45, 2.75) is 6.92 Å². The summed E-state index contributed by atoms with van der Waals surface area (Å²) in [5, 5.41) is 9.50. The maximum atomic E-state index is 13.0. The smallest absolute Gasteiger partial charge is 0.180 e. The van der Waals surface area contributed by atoms with Crippen LogP contribution in [0.25, 0.3) is 0 Å². The number of ketones is 1. The van der Waals surface area contributed by atoms with Crippen LogP contribution >= 0.6 is 0 Å². The van der Waals surface area contributed by atoms with Crippen LogP contribution in [-0.4, -0.2) is 49.1 Å². The molecule has 0 unspecified atom stereocenters. The quantitative estimate of drug-likeness (QED) is 0.595. The molecule has 100 valence electrons. The number of phenolic OH excluding ortho intramolecular Hbond substituents is 1. The molecular formula is C13H18FNO3. The Kier molecular flexibility index (Phi) is 5.74. The molecule has 5 heteroatoms. The number of hydrogen-bond donors (Lipinski definition) is 1. The van der Waals surface area contributed by atoms with Crippen LogP contribution in [0.3, 0.4) is 0 Å². The molecular weight excluding hydrogens is 237 g/mol. The lowest BCUT2D eigenvalue weighted by Gasteiger charge is -2.15. The predicted molar refractivity (Wildman–Crippen MR) is 66.4 cm³/mol. The van der Waals surface area contributed by atoms with Crippen molar-refractivity contribution in [1.82, 2.24) is 4.90 Å². The molecule has 0 saturated carbocycles. The molecule has 0 saturated heterocycles. The highest BCUT2D eigenvalue weighted by Crippen LogP contribution is 2.18. The molecule has 1 aromatic carbocycles. The monoisotopic (exact) mass is 255 g/mol. The molecule has 1 rings (SSSR count). The van der Waals surface area contributed by atoms with Crippen molar-refractivity contribution in [2.75, 3.05) is 33.4 Å². The Hall–Kier alpha value is -1.46. The summed E-state index contributed by atoms with van der Waals surface area (Å²) in [7, 11) is 1.77. The molecule has 0 spiro atoms. The van der Waals surface area contributed by atoms with E-state index in [1.807, 2.05) is 6.92 Å².